The fourth-order valence-corrected chi connectivity index (χ4v) is 3.84. The van der Waals surface area contributed by atoms with Crippen molar-refractivity contribution in [3.8, 4) is 5.75 Å². The van der Waals surface area contributed by atoms with Crippen LogP contribution in [0.4, 0.5) is 13.2 Å². The van der Waals surface area contributed by atoms with E-state index in [1.165, 1.54) is 11.0 Å². The second-order valence-corrected chi connectivity index (χ2v) is 7.57. The van der Waals surface area contributed by atoms with E-state index in [0.717, 1.165) is 6.07 Å². The van der Waals surface area contributed by atoms with Gasteiger partial charge in [-0.3, -0.25) is 14.5 Å². The molecule has 4 rings (SSSR count). The second-order valence-electron chi connectivity index (χ2n) is 7.57. The number of rotatable bonds is 3. The molecule has 10 heteroatoms. The average Bonchev–Trinajstić information content (AvgIpc) is 3.09. The molecular weight excluding hydrogens is 414 g/mol. The predicted octanol–water partition coefficient (Wildman–Crippen LogP) is 2.50. The van der Waals surface area contributed by atoms with E-state index in [0.29, 0.717) is 23.2 Å². The number of halogens is 3. The maximum atomic E-state index is 13.2. The van der Waals surface area contributed by atoms with Crippen LogP contribution in [0.5, 0.6) is 5.75 Å². The van der Waals surface area contributed by atoms with Gasteiger partial charge in [-0.2, -0.15) is 13.2 Å². The van der Waals surface area contributed by atoms with Gasteiger partial charge >= 0.3 is 25.2 Å². The van der Waals surface area contributed by atoms with Gasteiger partial charge < -0.3 is 14.0 Å². The van der Waals surface area contributed by atoms with Crippen LogP contribution >= 0.6 is 0 Å². The smallest absolute Gasteiger partial charge is 0.494 e. The third-order valence-electron chi connectivity index (χ3n) is 5.23. The number of hydrogen-bond donors (Lipinski definition) is 0. The van der Waals surface area contributed by atoms with E-state index >= 15 is 0 Å². The maximum absolute atomic E-state index is 13.2. The van der Waals surface area contributed by atoms with Crippen LogP contribution < -0.4 is 10.2 Å². The Morgan fingerprint density at radius 1 is 1.03 bits per heavy atom. The largest absolute Gasteiger partial charge is 0.636 e. The van der Waals surface area contributed by atoms with Crippen molar-refractivity contribution >= 4 is 24.5 Å². The van der Waals surface area contributed by atoms with Crippen molar-refractivity contribution in [2.75, 3.05) is 20.1 Å². The fourth-order valence-electron chi connectivity index (χ4n) is 3.84. The van der Waals surface area contributed by atoms with Crippen LogP contribution in [-0.2, 0) is 31.5 Å². The van der Waals surface area contributed by atoms with Crippen molar-refractivity contribution in [2.45, 2.75) is 25.1 Å². The molecule has 0 bridgehead atoms. The normalized spacial score (nSPS) is 19.9. The number of benzene rings is 2. The zero-order valence-corrected chi connectivity index (χ0v) is 16.6. The van der Waals surface area contributed by atoms with E-state index in [9.17, 15) is 22.8 Å². The van der Waals surface area contributed by atoms with Crippen molar-refractivity contribution in [1.82, 2.24) is 4.90 Å². The number of nitrogens with zero attached hydrogens (tertiary/aromatic N) is 1. The molecule has 0 spiro atoms. The minimum atomic E-state index is -4.40. The van der Waals surface area contributed by atoms with E-state index in [1.807, 2.05) is 0 Å². The van der Waals surface area contributed by atoms with Crippen LogP contribution in [0.3, 0.4) is 0 Å². The average molecular weight is 433 g/mol. The Balaban J connectivity index is 1.48. The van der Waals surface area contributed by atoms with Crippen LogP contribution in [0.15, 0.2) is 42.5 Å². The summed E-state index contributed by atoms with van der Waals surface area (Å²) in [5, 5.41) is 0. The molecule has 1 aliphatic carbocycles. The van der Waals surface area contributed by atoms with Gasteiger partial charge in [0.15, 0.2) is 0 Å². The molecule has 1 saturated heterocycles. The highest BCUT2D eigenvalue weighted by molar-refractivity contribution is 6.64. The summed E-state index contributed by atoms with van der Waals surface area (Å²) in [6.07, 6.45) is -4.16. The Morgan fingerprint density at radius 2 is 1.68 bits per heavy atom. The molecule has 0 aromatic heterocycles. The van der Waals surface area contributed by atoms with Gasteiger partial charge in [-0.1, -0.05) is 24.3 Å². The van der Waals surface area contributed by atoms with E-state index in [1.54, 1.807) is 37.4 Å². The van der Waals surface area contributed by atoms with Gasteiger partial charge in [0, 0.05) is 5.46 Å². The topological polar surface area (TPSA) is 65.1 Å². The minimum Gasteiger partial charge on any atom is -0.494 e. The van der Waals surface area contributed by atoms with Crippen LogP contribution in [0.1, 0.15) is 29.2 Å². The number of likely N-dealkylation sites (N-methyl/N-ethyl adjacent to an activating group) is 1. The molecule has 0 N–H and O–H groups in total. The highest BCUT2D eigenvalue weighted by Crippen LogP contribution is 2.42. The highest BCUT2D eigenvalue weighted by Gasteiger charge is 2.38. The molecule has 0 unspecified atom stereocenters. The lowest BCUT2D eigenvalue weighted by atomic mass is 9.78. The summed E-state index contributed by atoms with van der Waals surface area (Å²) >= 11 is 0. The number of carbonyl (C=O) groups excluding carboxylic acids is 2. The third kappa shape index (κ3) is 4.69. The fraction of sp³-hybridized carbons (Fsp3) is 0.333. The molecule has 0 radical (unpaired) electrons. The Labute approximate surface area is 177 Å². The van der Waals surface area contributed by atoms with Crippen LogP contribution in [0.25, 0.3) is 0 Å². The molecule has 2 aliphatic rings. The molecule has 1 heterocycles. The van der Waals surface area contributed by atoms with Gasteiger partial charge in [-0.15, -0.1) is 0 Å². The van der Waals surface area contributed by atoms with Crippen molar-refractivity contribution < 1.29 is 36.8 Å². The first-order valence-corrected chi connectivity index (χ1v) is 9.74. The molecule has 1 fully saturated rings. The molecule has 31 heavy (non-hydrogen) atoms. The quantitative estimate of drug-likeness (QED) is 0.694. The first-order valence-electron chi connectivity index (χ1n) is 9.74. The Kier molecular flexibility index (Phi) is 5.66. The van der Waals surface area contributed by atoms with Gasteiger partial charge in [-0.05, 0) is 49.2 Å². The van der Waals surface area contributed by atoms with Gasteiger partial charge in [0.25, 0.3) is 0 Å². The van der Waals surface area contributed by atoms with Crippen molar-refractivity contribution in [3.05, 3.63) is 59.2 Å². The van der Waals surface area contributed by atoms with Gasteiger partial charge in [0.2, 0.25) is 0 Å². The van der Waals surface area contributed by atoms with Gasteiger partial charge in [-0.25, -0.2) is 0 Å². The Bertz CT molecular complexity index is 975. The van der Waals surface area contributed by atoms with E-state index in [2.05, 4.69) is 0 Å². The summed E-state index contributed by atoms with van der Waals surface area (Å²) in [5.74, 6) is -0.603. The Morgan fingerprint density at radius 3 is 2.29 bits per heavy atom. The molecule has 0 amide bonds. The zero-order valence-electron chi connectivity index (χ0n) is 16.6. The molecule has 2 aromatic rings. The molecule has 1 aliphatic heterocycles. The Hall–Kier alpha value is -3.01. The number of hydrogen-bond acceptors (Lipinski definition) is 6. The minimum absolute atomic E-state index is 0.0339. The van der Waals surface area contributed by atoms with Gasteiger partial charge in [0.05, 0.1) is 18.7 Å². The van der Waals surface area contributed by atoms with Crippen molar-refractivity contribution in [2.24, 2.45) is 0 Å². The predicted molar refractivity (Wildman–Crippen MR) is 105 cm³/mol. The number of carbonyl (C=O) groups is 2. The molecule has 1 atom stereocenters. The first-order chi connectivity index (χ1) is 14.7. The monoisotopic (exact) mass is 433 g/mol. The molecule has 0 saturated carbocycles. The maximum Gasteiger partial charge on any atom is 0.636 e. The van der Waals surface area contributed by atoms with Crippen molar-refractivity contribution in [1.29, 1.82) is 0 Å². The summed E-state index contributed by atoms with van der Waals surface area (Å²) < 4.78 is 56.0. The second kappa shape index (κ2) is 8.26. The lowest BCUT2D eigenvalue weighted by molar-refractivity contribution is -0.145. The summed E-state index contributed by atoms with van der Waals surface area (Å²) in [4.78, 5) is 25.3. The molecule has 2 aromatic carbocycles. The summed E-state index contributed by atoms with van der Waals surface area (Å²) in [6, 6.07) is 10.5. The summed E-state index contributed by atoms with van der Waals surface area (Å²) in [7, 11) is 0.442. The number of ether oxygens (including phenoxy) is 1. The zero-order chi connectivity index (χ0) is 22.2. The van der Waals surface area contributed by atoms with Crippen LogP contribution in [-0.4, -0.2) is 44.1 Å². The highest BCUT2D eigenvalue weighted by atomic mass is 19.4. The van der Waals surface area contributed by atoms with Crippen molar-refractivity contribution in [3.63, 3.8) is 0 Å². The molecule has 6 nitrogen and oxygen atoms in total. The van der Waals surface area contributed by atoms with E-state index in [-0.39, 0.29) is 25.1 Å². The third-order valence-corrected chi connectivity index (χ3v) is 5.23. The molecular formula is C21H19BF3NO5. The standard InChI is InChI=1S/C21H19BF3NO5/c1-26-11-19(27)30-22(31-20(28)12-26)13-5-7-14(8-6-13)29-18-10-9-15-16(18)3-2-4-17(15)21(23,24)25/h2-8,18H,9-12H2,1H3/t18-/m1/s1. The summed E-state index contributed by atoms with van der Waals surface area (Å²) in [6.45, 7) is -0.0679. The van der Waals surface area contributed by atoms with Crippen LogP contribution in [0, 0.1) is 0 Å². The lowest BCUT2D eigenvalue weighted by Crippen LogP contribution is -2.47. The number of fused-ring (bicyclic) bond motifs is 1. The lowest BCUT2D eigenvalue weighted by Gasteiger charge is -2.22. The van der Waals surface area contributed by atoms with E-state index < -0.39 is 36.9 Å². The van der Waals surface area contributed by atoms with E-state index in [4.69, 9.17) is 14.0 Å². The van der Waals surface area contributed by atoms with Crippen LogP contribution in [0.2, 0.25) is 0 Å². The number of alkyl halides is 3. The first kappa shape index (κ1) is 21.2. The molecule has 162 valence electrons. The SMILES string of the molecule is CN1CC(=O)OB(c2ccc(O[C@@H]3CCc4c3cccc4C(F)(F)F)cc2)OC(=O)C1. The summed E-state index contributed by atoms with van der Waals surface area (Å²) in [5.41, 5.74) is 0.635. The van der Waals surface area contributed by atoms with Gasteiger partial charge in [0.1, 0.15) is 11.9 Å².